The predicted octanol–water partition coefficient (Wildman–Crippen LogP) is 1.67. The van der Waals surface area contributed by atoms with Gasteiger partial charge < -0.3 is 10.4 Å². The molecule has 0 unspecified atom stereocenters. The highest BCUT2D eigenvalue weighted by molar-refractivity contribution is 5.72. The van der Waals surface area contributed by atoms with Crippen LogP contribution in [0, 0.1) is 0 Å². The monoisotopic (exact) mass is 191 g/mol. The fourth-order valence-corrected chi connectivity index (χ4v) is 1.86. The molecule has 0 aliphatic heterocycles. The van der Waals surface area contributed by atoms with Gasteiger partial charge >= 0.3 is 5.97 Å². The van der Waals surface area contributed by atoms with Gasteiger partial charge in [0.2, 0.25) is 0 Å². The summed E-state index contributed by atoms with van der Waals surface area (Å²) >= 11 is 0. The third-order valence-electron chi connectivity index (χ3n) is 2.54. The van der Waals surface area contributed by atoms with Gasteiger partial charge in [0.05, 0.1) is 0 Å². The van der Waals surface area contributed by atoms with Crippen molar-refractivity contribution < 1.29 is 9.90 Å². The lowest BCUT2D eigenvalue weighted by Gasteiger charge is -2.05. The Morgan fingerprint density at radius 2 is 2.14 bits per heavy atom. The van der Waals surface area contributed by atoms with E-state index in [2.05, 4.69) is 17.4 Å². The number of aryl methyl sites for hydroxylation is 2. The average molecular weight is 191 g/mol. The van der Waals surface area contributed by atoms with Gasteiger partial charge in [0, 0.05) is 5.69 Å². The number of carboxylic acids is 1. The molecular weight excluding hydrogens is 178 g/mol. The van der Waals surface area contributed by atoms with E-state index in [1.807, 2.05) is 6.07 Å². The molecule has 0 fully saturated rings. The minimum Gasteiger partial charge on any atom is -0.480 e. The summed E-state index contributed by atoms with van der Waals surface area (Å²) in [7, 11) is 0. The first-order valence-corrected chi connectivity index (χ1v) is 4.83. The fraction of sp³-hybridized carbons (Fsp3) is 0.364. The van der Waals surface area contributed by atoms with Gasteiger partial charge in [0.25, 0.3) is 0 Å². The first-order chi connectivity index (χ1) is 6.75. The SMILES string of the molecule is O=C(O)CNc1ccc2c(c1)CCC2. The average Bonchev–Trinajstić information content (AvgIpc) is 2.61. The van der Waals surface area contributed by atoms with Crippen molar-refractivity contribution in [2.45, 2.75) is 19.3 Å². The number of aliphatic carboxylic acids is 1. The summed E-state index contributed by atoms with van der Waals surface area (Å²) in [4.78, 5) is 10.3. The molecule has 14 heavy (non-hydrogen) atoms. The first-order valence-electron chi connectivity index (χ1n) is 4.83. The van der Waals surface area contributed by atoms with Crippen LogP contribution in [-0.2, 0) is 17.6 Å². The van der Waals surface area contributed by atoms with Crippen molar-refractivity contribution in [2.24, 2.45) is 0 Å². The maximum Gasteiger partial charge on any atom is 0.322 e. The molecule has 0 amide bonds. The van der Waals surface area contributed by atoms with E-state index in [0.717, 1.165) is 18.5 Å². The Morgan fingerprint density at radius 1 is 1.36 bits per heavy atom. The molecule has 0 bridgehead atoms. The Labute approximate surface area is 82.8 Å². The van der Waals surface area contributed by atoms with Gasteiger partial charge in [-0.2, -0.15) is 0 Å². The zero-order valence-electron chi connectivity index (χ0n) is 7.92. The molecule has 1 aliphatic rings. The van der Waals surface area contributed by atoms with Crippen LogP contribution in [0.25, 0.3) is 0 Å². The van der Waals surface area contributed by atoms with Gasteiger partial charge in [-0.1, -0.05) is 6.07 Å². The molecule has 1 aromatic rings. The molecule has 2 rings (SSSR count). The molecule has 0 aromatic heterocycles. The second-order valence-corrected chi connectivity index (χ2v) is 3.58. The summed E-state index contributed by atoms with van der Waals surface area (Å²) in [5, 5.41) is 11.4. The standard InChI is InChI=1S/C11H13NO2/c13-11(14)7-12-10-5-4-8-2-1-3-9(8)6-10/h4-6,12H,1-3,7H2,(H,13,14). The molecular formula is C11H13NO2. The fourth-order valence-electron chi connectivity index (χ4n) is 1.86. The highest BCUT2D eigenvalue weighted by Crippen LogP contribution is 2.24. The van der Waals surface area contributed by atoms with Crippen LogP contribution in [0.4, 0.5) is 5.69 Å². The van der Waals surface area contributed by atoms with E-state index >= 15 is 0 Å². The second-order valence-electron chi connectivity index (χ2n) is 3.58. The summed E-state index contributed by atoms with van der Waals surface area (Å²) < 4.78 is 0. The quantitative estimate of drug-likeness (QED) is 0.764. The third kappa shape index (κ3) is 1.87. The molecule has 74 valence electrons. The second kappa shape index (κ2) is 3.70. The summed E-state index contributed by atoms with van der Waals surface area (Å²) in [5.41, 5.74) is 3.68. The Hall–Kier alpha value is -1.51. The maximum atomic E-state index is 10.3. The van der Waals surface area contributed by atoms with Crippen molar-refractivity contribution in [3.05, 3.63) is 29.3 Å². The highest BCUT2D eigenvalue weighted by Gasteiger charge is 2.10. The van der Waals surface area contributed by atoms with E-state index in [-0.39, 0.29) is 6.54 Å². The lowest BCUT2D eigenvalue weighted by atomic mass is 10.1. The van der Waals surface area contributed by atoms with E-state index < -0.39 is 5.97 Å². The van der Waals surface area contributed by atoms with E-state index in [1.54, 1.807) is 0 Å². The number of fused-ring (bicyclic) bond motifs is 1. The minimum absolute atomic E-state index is 0.0151. The highest BCUT2D eigenvalue weighted by atomic mass is 16.4. The van der Waals surface area contributed by atoms with E-state index in [1.165, 1.54) is 17.5 Å². The molecule has 0 saturated heterocycles. The number of anilines is 1. The number of carbonyl (C=O) groups is 1. The predicted molar refractivity (Wildman–Crippen MR) is 54.6 cm³/mol. The van der Waals surface area contributed by atoms with Crippen molar-refractivity contribution in [3.63, 3.8) is 0 Å². The maximum absolute atomic E-state index is 10.3. The van der Waals surface area contributed by atoms with Crippen molar-refractivity contribution in [1.82, 2.24) is 0 Å². The molecule has 1 aliphatic carbocycles. The molecule has 0 radical (unpaired) electrons. The number of benzene rings is 1. The number of hydrogen-bond donors (Lipinski definition) is 2. The summed E-state index contributed by atoms with van der Waals surface area (Å²) in [6, 6.07) is 6.10. The molecule has 0 atom stereocenters. The first kappa shape index (κ1) is 9.06. The number of nitrogens with one attached hydrogen (secondary N) is 1. The Morgan fingerprint density at radius 3 is 2.93 bits per heavy atom. The Bertz CT molecular complexity index is 360. The van der Waals surface area contributed by atoms with Crippen molar-refractivity contribution in [2.75, 3.05) is 11.9 Å². The summed E-state index contributed by atoms with van der Waals surface area (Å²) in [5.74, 6) is -0.828. The number of rotatable bonds is 3. The molecule has 3 nitrogen and oxygen atoms in total. The lowest BCUT2D eigenvalue weighted by molar-refractivity contribution is -0.134. The zero-order valence-corrected chi connectivity index (χ0v) is 7.92. The van der Waals surface area contributed by atoms with E-state index in [4.69, 9.17) is 5.11 Å². The smallest absolute Gasteiger partial charge is 0.322 e. The van der Waals surface area contributed by atoms with Crippen LogP contribution < -0.4 is 5.32 Å². The van der Waals surface area contributed by atoms with Crippen LogP contribution in [0.15, 0.2) is 18.2 Å². The van der Waals surface area contributed by atoms with Gasteiger partial charge in [0.1, 0.15) is 6.54 Å². The van der Waals surface area contributed by atoms with Gasteiger partial charge in [-0.05, 0) is 42.5 Å². The van der Waals surface area contributed by atoms with E-state index in [0.29, 0.717) is 0 Å². The van der Waals surface area contributed by atoms with Gasteiger partial charge in [-0.3, -0.25) is 4.79 Å². The van der Waals surface area contributed by atoms with Crippen molar-refractivity contribution in [1.29, 1.82) is 0 Å². The minimum atomic E-state index is -0.828. The number of carboxylic acid groups (broad SMARTS) is 1. The molecule has 1 aromatic carbocycles. The van der Waals surface area contributed by atoms with Crippen LogP contribution in [0.2, 0.25) is 0 Å². The number of hydrogen-bond acceptors (Lipinski definition) is 2. The van der Waals surface area contributed by atoms with Gasteiger partial charge in [-0.25, -0.2) is 0 Å². The largest absolute Gasteiger partial charge is 0.480 e. The molecule has 0 heterocycles. The van der Waals surface area contributed by atoms with Gasteiger partial charge in [0.15, 0.2) is 0 Å². The molecule has 2 N–H and O–H groups in total. The van der Waals surface area contributed by atoms with Crippen molar-refractivity contribution >= 4 is 11.7 Å². The summed E-state index contributed by atoms with van der Waals surface area (Å²) in [6.45, 7) is -0.0151. The normalized spacial score (nSPS) is 13.7. The van der Waals surface area contributed by atoms with Crippen LogP contribution >= 0.6 is 0 Å². The molecule has 3 heteroatoms. The van der Waals surface area contributed by atoms with Crippen LogP contribution in [0.3, 0.4) is 0 Å². The molecule has 0 spiro atoms. The Balaban J connectivity index is 2.09. The van der Waals surface area contributed by atoms with Crippen LogP contribution in [0.1, 0.15) is 17.5 Å². The van der Waals surface area contributed by atoms with Crippen molar-refractivity contribution in [3.8, 4) is 0 Å². The van der Waals surface area contributed by atoms with Crippen LogP contribution in [0.5, 0.6) is 0 Å². The third-order valence-corrected chi connectivity index (χ3v) is 2.54. The van der Waals surface area contributed by atoms with Gasteiger partial charge in [-0.15, -0.1) is 0 Å². The van der Waals surface area contributed by atoms with E-state index in [9.17, 15) is 4.79 Å². The zero-order chi connectivity index (χ0) is 9.97. The summed E-state index contributed by atoms with van der Waals surface area (Å²) in [6.07, 6.45) is 3.50. The Kier molecular flexibility index (Phi) is 2.39. The molecule has 0 saturated carbocycles. The van der Waals surface area contributed by atoms with Crippen LogP contribution in [-0.4, -0.2) is 17.6 Å². The topological polar surface area (TPSA) is 49.3 Å². The lowest BCUT2D eigenvalue weighted by Crippen LogP contribution is -2.12.